The molecule has 3 aromatic rings. The van der Waals surface area contributed by atoms with E-state index in [-0.39, 0.29) is 46.5 Å². The minimum Gasteiger partial charge on any atom is -0.486 e. The second-order valence-corrected chi connectivity index (χ2v) is 14.0. The number of likely N-dealkylation sites (N-methyl/N-ethyl adjacent to an activating group) is 1. The molecule has 10 nitrogen and oxygen atoms in total. The Balaban J connectivity index is 1.76. The fourth-order valence-electron chi connectivity index (χ4n) is 4.59. The molecule has 4 rings (SSSR count). The number of ether oxygens (including phenoxy) is 1. The van der Waals surface area contributed by atoms with Crippen molar-refractivity contribution in [2.24, 2.45) is 5.92 Å². The number of aliphatic hydroxyl groups excluding tert-OH is 1. The first-order valence-corrected chi connectivity index (χ1v) is 16.1. The Labute approximate surface area is 241 Å². The fourth-order valence-corrected chi connectivity index (χ4v) is 6.85. The molecule has 220 valence electrons. The van der Waals surface area contributed by atoms with Crippen LogP contribution in [-0.2, 0) is 20.0 Å². The largest absolute Gasteiger partial charge is 0.486 e. The lowest BCUT2D eigenvalue weighted by atomic mass is 9.99. The van der Waals surface area contributed by atoms with Crippen LogP contribution in [-0.4, -0.2) is 75.9 Å². The van der Waals surface area contributed by atoms with Gasteiger partial charge in [-0.15, -0.1) is 0 Å². The lowest BCUT2D eigenvalue weighted by molar-refractivity contribution is 0.0389. The smallest absolute Gasteiger partial charge is 0.262 e. The Morgan fingerprint density at radius 3 is 2.29 bits per heavy atom. The molecule has 41 heavy (non-hydrogen) atoms. The molecule has 12 heteroatoms. The summed E-state index contributed by atoms with van der Waals surface area (Å²) in [6, 6.07) is 18.3. The van der Waals surface area contributed by atoms with Gasteiger partial charge in [-0.3, -0.25) is 9.52 Å². The Hall–Kier alpha value is -3.45. The van der Waals surface area contributed by atoms with Gasteiger partial charge in [-0.05, 0) is 50.2 Å². The van der Waals surface area contributed by atoms with E-state index in [4.69, 9.17) is 4.74 Å². The highest BCUT2D eigenvalue weighted by Crippen LogP contribution is 2.36. The number of carbonyl (C=O) groups is 1. The van der Waals surface area contributed by atoms with Gasteiger partial charge < -0.3 is 14.7 Å². The van der Waals surface area contributed by atoms with Crippen molar-refractivity contribution in [3.8, 4) is 5.75 Å². The Morgan fingerprint density at radius 2 is 1.66 bits per heavy atom. The van der Waals surface area contributed by atoms with Crippen molar-refractivity contribution in [1.29, 1.82) is 0 Å². The number of amides is 1. The minimum atomic E-state index is -4.04. The summed E-state index contributed by atoms with van der Waals surface area (Å²) in [6.45, 7) is 5.21. The lowest BCUT2D eigenvalue weighted by Crippen LogP contribution is -2.50. The highest BCUT2D eigenvalue weighted by atomic mass is 32.2. The van der Waals surface area contributed by atoms with Gasteiger partial charge in [0, 0.05) is 19.5 Å². The molecule has 0 saturated heterocycles. The predicted molar refractivity (Wildman–Crippen MR) is 156 cm³/mol. The van der Waals surface area contributed by atoms with Gasteiger partial charge in [0.25, 0.3) is 15.9 Å². The third-order valence-electron chi connectivity index (χ3n) is 7.16. The molecular weight excluding hydrogens is 566 g/mol. The summed E-state index contributed by atoms with van der Waals surface area (Å²) in [5, 5.41) is 9.89. The average Bonchev–Trinajstić information content (AvgIpc) is 2.95. The van der Waals surface area contributed by atoms with Crippen molar-refractivity contribution in [3.05, 3.63) is 83.9 Å². The third-order valence-corrected chi connectivity index (χ3v) is 10.4. The standard InChI is InChI=1S/C29H35N3O7S2/c1-20-13-15-24(16-14-20)41(37,38)31(4)18-27-21(2)17-32(22(3)19-33)29(34)25-11-8-12-26(28(25)39-27)30-40(35,36)23-9-6-5-7-10-23/h5-16,21-22,27,30,33H,17-19H2,1-4H3/t21-,22+,27+/m0/s1. The zero-order valence-electron chi connectivity index (χ0n) is 23.4. The van der Waals surface area contributed by atoms with Crippen LogP contribution in [0.3, 0.4) is 0 Å². The summed E-state index contributed by atoms with van der Waals surface area (Å²) in [5.74, 6) is -0.839. The van der Waals surface area contributed by atoms with E-state index in [9.17, 15) is 26.7 Å². The molecule has 3 atom stereocenters. The first-order valence-electron chi connectivity index (χ1n) is 13.2. The first kappa shape index (κ1) is 30.5. The number of carbonyl (C=O) groups excluding carboxylic acids is 1. The fraction of sp³-hybridized carbons (Fsp3) is 0.345. The highest BCUT2D eigenvalue weighted by molar-refractivity contribution is 7.92. The number of sulfonamides is 2. The molecular formula is C29H35N3O7S2. The lowest BCUT2D eigenvalue weighted by Gasteiger charge is -2.38. The van der Waals surface area contributed by atoms with Crippen molar-refractivity contribution in [2.75, 3.05) is 31.5 Å². The average molecular weight is 602 g/mol. The Morgan fingerprint density at radius 1 is 1.00 bits per heavy atom. The predicted octanol–water partition coefficient (Wildman–Crippen LogP) is 3.34. The second kappa shape index (κ2) is 12.2. The first-order chi connectivity index (χ1) is 19.3. The number of para-hydroxylation sites is 1. The molecule has 2 N–H and O–H groups in total. The van der Waals surface area contributed by atoms with Crippen molar-refractivity contribution in [2.45, 2.75) is 42.7 Å². The summed E-state index contributed by atoms with van der Waals surface area (Å²) >= 11 is 0. The van der Waals surface area contributed by atoms with E-state index in [1.807, 2.05) is 13.8 Å². The summed E-state index contributed by atoms with van der Waals surface area (Å²) in [6.07, 6.45) is -0.775. The van der Waals surface area contributed by atoms with Gasteiger partial charge in [0.2, 0.25) is 10.0 Å². The monoisotopic (exact) mass is 601 g/mol. The van der Waals surface area contributed by atoms with Crippen molar-refractivity contribution >= 4 is 31.6 Å². The molecule has 0 spiro atoms. The molecule has 0 radical (unpaired) electrons. The number of rotatable bonds is 9. The number of nitrogens with one attached hydrogen (secondary N) is 1. The topological polar surface area (TPSA) is 133 Å². The van der Waals surface area contributed by atoms with Crippen LogP contribution in [0.1, 0.15) is 29.8 Å². The van der Waals surface area contributed by atoms with Gasteiger partial charge in [0.05, 0.1) is 40.2 Å². The maximum atomic E-state index is 13.7. The number of benzene rings is 3. The quantitative estimate of drug-likeness (QED) is 0.384. The van der Waals surface area contributed by atoms with Crippen LogP contribution in [0.25, 0.3) is 0 Å². The third kappa shape index (κ3) is 6.56. The van der Waals surface area contributed by atoms with Crippen LogP contribution in [0.4, 0.5) is 5.69 Å². The Bertz CT molecular complexity index is 1600. The Kier molecular flexibility index (Phi) is 9.07. The molecule has 1 heterocycles. The van der Waals surface area contributed by atoms with Crippen molar-refractivity contribution < 1.29 is 31.5 Å². The maximum Gasteiger partial charge on any atom is 0.262 e. The molecule has 1 aliphatic rings. The molecule has 0 aromatic heterocycles. The molecule has 0 aliphatic carbocycles. The number of aliphatic hydroxyl groups is 1. The summed E-state index contributed by atoms with van der Waals surface area (Å²) in [4.78, 5) is 15.3. The molecule has 3 aromatic carbocycles. The van der Waals surface area contributed by atoms with Crippen molar-refractivity contribution in [1.82, 2.24) is 9.21 Å². The van der Waals surface area contributed by atoms with Gasteiger partial charge in [-0.25, -0.2) is 16.8 Å². The van der Waals surface area contributed by atoms with E-state index in [1.54, 1.807) is 55.5 Å². The van der Waals surface area contributed by atoms with Gasteiger partial charge in [-0.2, -0.15) is 4.31 Å². The van der Waals surface area contributed by atoms with E-state index < -0.39 is 44.0 Å². The molecule has 0 bridgehead atoms. The van der Waals surface area contributed by atoms with E-state index in [0.717, 1.165) is 5.56 Å². The zero-order valence-corrected chi connectivity index (χ0v) is 25.0. The molecule has 0 unspecified atom stereocenters. The SMILES string of the molecule is Cc1ccc(S(=O)(=O)N(C)C[C@H]2Oc3c(NS(=O)(=O)c4ccccc4)cccc3C(=O)N([C@H](C)CO)C[C@@H]2C)cc1. The van der Waals surface area contributed by atoms with Crippen LogP contribution < -0.4 is 9.46 Å². The van der Waals surface area contributed by atoms with E-state index in [1.165, 1.54) is 40.5 Å². The van der Waals surface area contributed by atoms with E-state index in [2.05, 4.69) is 4.72 Å². The van der Waals surface area contributed by atoms with E-state index in [0.29, 0.717) is 0 Å². The zero-order chi connectivity index (χ0) is 29.9. The van der Waals surface area contributed by atoms with Crippen LogP contribution in [0.2, 0.25) is 0 Å². The van der Waals surface area contributed by atoms with Crippen LogP contribution in [0, 0.1) is 12.8 Å². The van der Waals surface area contributed by atoms with Crippen LogP contribution >= 0.6 is 0 Å². The van der Waals surface area contributed by atoms with Crippen molar-refractivity contribution in [3.63, 3.8) is 0 Å². The number of fused-ring (bicyclic) bond motifs is 1. The number of aryl methyl sites for hydroxylation is 1. The second-order valence-electron chi connectivity index (χ2n) is 10.3. The normalized spacial score (nSPS) is 18.7. The number of anilines is 1. The molecule has 0 fully saturated rings. The number of nitrogens with zero attached hydrogens (tertiary/aromatic N) is 2. The van der Waals surface area contributed by atoms with Gasteiger partial charge >= 0.3 is 0 Å². The maximum absolute atomic E-state index is 13.7. The number of hydrogen-bond donors (Lipinski definition) is 2. The molecule has 1 amide bonds. The van der Waals surface area contributed by atoms with E-state index >= 15 is 0 Å². The van der Waals surface area contributed by atoms with Gasteiger partial charge in [0.1, 0.15) is 6.10 Å². The molecule has 0 saturated carbocycles. The summed E-state index contributed by atoms with van der Waals surface area (Å²) < 4.78 is 63.3. The van der Waals surface area contributed by atoms with Gasteiger partial charge in [-0.1, -0.05) is 48.9 Å². The van der Waals surface area contributed by atoms with Crippen LogP contribution in [0.15, 0.2) is 82.6 Å². The molecule has 1 aliphatic heterocycles. The van der Waals surface area contributed by atoms with Gasteiger partial charge in [0.15, 0.2) is 5.75 Å². The summed E-state index contributed by atoms with van der Waals surface area (Å²) in [7, 11) is -6.46. The number of hydrogen-bond acceptors (Lipinski definition) is 7. The highest BCUT2D eigenvalue weighted by Gasteiger charge is 2.36. The van der Waals surface area contributed by atoms with Crippen LogP contribution in [0.5, 0.6) is 5.75 Å². The summed E-state index contributed by atoms with van der Waals surface area (Å²) in [5.41, 5.74) is 1.06. The minimum absolute atomic E-state index is 0.00942.